The lowest BCUT2D eigenvalue weighted by Crippen LogP contribution is -2.69. The van der Waals surface area contributed by atoms with E-state index in [1.807, 2.05) is 89.8 Å². The van der Waals surface area contributed by atoms with Crippen molar-refractivity contribution in [2.75, 3.05) is 6.61 Å². The lowest BCUT2D eigenvalue weighted by atomic mass is 9.89. The molecular formula is C28H26N2O3. The summed E-state index contributed by atoms with van der Waals surface area (Å²) in [6.45, 7) is 2.80. The third-order valence-corrected chi connectivity index (χ3v) is 6.34. The molecule has 2 amide bonds. The number of hydrogen-bond acceptors (Lipinski definition) is 3. The Hall–Kier alpha value is -3.86. The fourth-order valence-corrected chi connectivity index (χ4v) is 4.66. The van der Waals surface area contributed by atoms with Gasteiger partial charge in [-0.05, 0) is 23.6 Å². The summed E-state index contributed by atoms with van der Waals surface area (Å²) in [7, 11) is 0. The summed E-state index contributed by atoms with van der Waals surface area (Å²) >= 11 is 0. The molecular weight excluding hydrogens is 412 g/mol. The fourth-order valence-electron chi connectivity index (χ4n) is 4.66. The molecule has 0 N–H and O–H groups in total. The Kier molecular flexibility index (Phi) is 5.69. The molecule has 3 atom stereocenters. The molecule has 33 heavy (non-hydrogen) atoms. The molecule has 2 saturated heterocycles. The van der Waals surface area contributed by atoms with E-state index >= 15 is 0 Å². The maximum absolute atomic E-state index is 13.4. The zero-order chi connectivity index (χ0) is 22.8. The summed E-state index contributed by atoms with van der Waals surface area (Å²) in [5.41, 5.74) is 4.27. The van der Waals surface area contributed by atoms with Crippen LogP contribution in [0, 0.1) is 6.92 Å². The average molecular weight is 439 g/mol. The minimum Gasteiger partial charge on any atom is -0.447 e. The first kappa shape index (κ1) is 21.0. The molecule has 2 heterocycles. The maximum Gasteiger partial charge on any atom is 0.411 e. The van der Waals surface area contributed by atoms with Crippen molar-refractivity contribution >= 4 is 18.1 Å². The molecule has 166 valence electrons. The standard InChI is InChI=1S/C28H26N2O3/c1-20-9-8-12-21(17-20)15-16-24-26(27(31)29(24)18-22-10-4-2-5-11-22)30-25(19-33-28(30)32)23-13-6-3-7-14-23/h2-17,24-26H,18-19H2,1H3/b16-15+/t24-,25+,26?/m1/s1. The van der Waals surface area contributed by atoms with Gasteiger partial charge in [-0.15, -0.1) is 0 Å². The number of ether oxygens (including phenoxy) is 1. The molecule has 0 saturated carbocycles. The number of cyclic esters (lactones) is 1. The van der Waals surface area contributed by atoms with Crippen LogP contribution in [0.5, 0.6) is 0 Å². The molecule has 2 aliphatic heterocycles. The molecule has 0 aromatic heterocycles. The predicted molar refractivity (Wildman–Crippen MR) is 127 cm³/mol. The monoisotopic (exact) mass is 438 g/mol. The van der Waals surface area contributed by atoms with E-state index in [-0.39, 0.29) is 24.6 Å². The van der Waals surface area contributed by atoms with Gasteiger partial charge in [0.25, 0.3) is 0 Å². The van der Waals surface area contributed by atoms with Crippen LogP contribution in [0.2, 0.25) is 0 Å². The SMILES string of the molecule is Cc1cccc(/C=C/[C@@H]2C(N3C(=O)OC[C@H]3c3ccccc3)C(=O)N2Cc2ccccc2)c1. The molecule has 2 aliphatic rings. The summed E-state index contributed by atoms with van der Waals surface area (Å²) in [4.78, 5) is 29.6. The minimum absolute atomic E-state index is 0.0578. The quantitative estimate of drug-likeness (QED) is 0.510. The van der Waals surface area contributed by atoms with Gasteiger partial charge in [0, 0.05) is 6.54 Å². The number of aryl methyl sites for hydroxylation is 1. The highest BCUT2D eigenvalue weighted by Gasteiger charge is 2.55. The van der Waals surface area contributed by atoms with Crippen LogP contribution in [-0.4, -0.2) is 40.5 Å². The number of benzene rings is 3. The number of hydrogen-bond donors (Lipinski definition) is 0. The number of carbonyl (C=O) groups is 2. The number of nitrogens with zero attached hydrogens (tertiary/aromatic N) is 2. The molecule has 2 fully saturated rings. The molecule has 3 aromatic carbocycles. The lowest BCUT2D eigenvalue weighted by Gasteiger charge is -2.49. The first-order valence-electron chi connectivity index (χ1n) is 11.2. The summed E-state index contributed by atoms with van der Waals surface area (Å²) < 4.78 is 5.41. The second-order valence-corrected chi connectivity index (χ2v) is 8.57. The van der Waals surface area contributed by atoms with E-state index in [4.69, 9.17) is 4.74 Å². The van der Waals surface area contributed by atoms with Crippen molar-refractivity contribution < 1.29 is 14.3 Å². The van der Waals surface area contributed by atoms with Crippen molar-refractivity contribution in [3.05, 3.63) is 113 Å². The van der Waals surface area contributed by atoms with Crippen molar-refractivity contribution in [3.8, 4) is 0 Å². The highest BCUT2D eigenvalue weighted by atomic mass is 16.6. The topological polar surface area (TPSA) is 49.9 Å². The van der Waals surface area contributed by atoms with Gasteiger partial charge in [-0.3, -0.25) is 9.69 Å². The van der Waals surface area contributed by atoms with Gasteiger partial charge in [0.2, 0.25) is 5.91 Å². The Morgan fingerprint density at radius 3 is 2.39 bits per heavy atom. The van der Waals surface area contributed by atoms with E-state index in [0.29, 0.717) is 6.54 Å². The van der Waals surface area contributed by atoms with Crippen LogP contribution in [-0.2, 0) is 16.1 Å². The molecule has 5 nitrogen and oxygen atoms in total. The van der Waals surface area contributed by atoms with Crippen molar-refractivity contribution in [1.29, 1.82) is 0 Å². The van der Waals surface area contributed by atoms with Crippen molar-refractivity contribution in [3.63, 3.8) is 0 Å². The van der Waals surface area contributed by atoms with Crippen molar-refractivity contribution in [2.45, 2.75) is 31.6 Å². The average Bonchev–Trinajstić information content (AvgIpc) is 3.21. The van der Waals surface area contributed by atoms with E-state index in [1.165, 1.54) is 5.56 Å². The molecule has 0 bridgehead atoms. The Labute approximate surface area is 193 Å². The van der Waals surface area contributed by atoms with Gasteiger partial charge in [0.1, 0.15) is 12.6 Å². The predicted octanol–water partition coefficient (Wildman–Crippen LogP) is 4.98. The van der Waals surface area contributed by atoms with E-state index < -0.39 is 12.1 Å². The molecule has 0 aliphatic carbocycles. The Morgan fingerprint density at radius 2 is 1.67 bits per heavy atom. The summed E-state index contributed by atoms with van der Waals surface area (Å²) in [5, 5.41) is 0. The molecule has 1 unspecified atom stereocenters. The van der Waals surface area contributed by atoms with Crippen molar-refractivity contribution in [2.24, 2.45) is 0 Å². The van der Waals surface area contributed by atoms with Crippen LogP contribution in [0.1, 0.15) is 28.3 Å². The van der Waals surface area contributed by atoms with Crippen molar-refractivity contribution in [1.82, 2.24) is 9.80 Å². The number of β-lactam (4-membered cyclic amide) rings is 1. The molecule has 0 spiro atoms. The van der Waals surface area contributed by atoms with Gasteiger partial charge in [0.05, 0.1) is 12.1 Å². The van der Waals surface area contributed by atoms with E-state index in [9.17, 15) is 9.59 Å². The maximum atomic E-state index is 13.4. The van der Waals surface area contributed by atoms with E-state index in [2.05, 4.69) is 19.1 Å². The normalized spacial score (nSPS) is 22.5. The molecule has 0 radical (unpaired) electrons. The lowest BCUT2D eigenvalue weighted by molar-refractivity contribution is -0.155. The third kappa shape index (κ3) is 4.14. The zero-order valence-corrected chi connectivity index (χ0v) is 18.5. The summed E-state index contributed by atoms with van der Waals surface area (Å²) in [6, 6.07) is 26.8. The van der Waals surface area contributed by atoms with Crippen LogP contribution in [0.3, 0.4) is 0 Å². The summed E-state index contributed by atoms with van der Waals surface area (Å²) in [6.07, 6.45) is 3.64. The second-order valence-electron chi connectivity index (χ2n) is 8.57. The smallest absolute Gasteiger partial charge is 0.411 e. The number of carbonyl (C=O) groups excluding carboxylic acids is 2. The van der Waals surface area contributed by atoms with Gasteiger partial charge < -0.3 is 9.64 Å². The summed E-state index contributed by atoms with van der Waals surface area (Å²) in [5.74, 6) is -0.0578. The van der Waals surface area contributed by atoms with Crippen LogP contribution >= 0.6 is 0 Å². The van der Waals surface area contributed by atoms with Gasteiger partial charge in [-0.2, -0.15) is 0 Å². The zero-order valence-electron chi connectivity index (χ0n) is 18.5. The molecule has 5 heteroatoms. The minimum atomic E-state index is -0.588. The Bertz CT molecular complexity index is 1180. The first-order valence-corrected chi connectivity index (χ1v) is 11.2. The van der Waals surface area contributed by atoms with Gasteiger partial charge >= 0.3 is 6.09 Å². The third-order valence-electron chi connectivity index (χ3n) is 6.34. The number of amides is 2. The largest absolute Gasteiger partial charge is 0.447 e. The Balaban J connectivity index is 1.46. The molecule has 3 aromatic rings. The van der Waals surface area contributed by atoms with Crippen LogP contribution in [0.15, 0.2) is 91.0 Å². The molecule has 5 rings (SSSR count). The van der Waals surface area contributed by atoms with Gasteiger partial charge in [-0.1, -0.05) is 103 Å². The highest BCUT2D eigenvalue weighted by Crippen LogP contribution is 2.38. The Morgan fingerprint density at radius 1 is 0.939 bits per heavy atom. The van der Waals surface area contributed by atoms with E-state index in [1.54, 1.807) is 4.90 Å². The van der Waals surface area contributed by atoms with Crippen LogP contribution in [0.4, 0.5) is 4.79 Å². The van der Waals surface area contributed by atoms with Crippen LogP contribution < -0.4 is 0 Å². The fraction of sp³-hybridized carbons (Fsp3) is 0.214. The van der Waals surface area contributed by atoms with E-state index in [0.717, 1.165) is 16.7 Å². The number of likely N-dealkylation sites (tertiary alicyclic amines) is 1. The van der Waals surface area contributed by atoms with Gasteiger partial charge in [-0.25, -0.2) is 4.79 Å². The van der Waals surface area contributed by atoms with Crippen LogP contribution in [0.25, 0.3) is 6.08 Å². The first-order chi connectivity index (χ1) is 16.1. The van der Waals surface area contributed by atoms with Gasteiger partial charge in [0.15, 0.2) is 0 Å². The number of rotatable bonds is 6. The highest BCUT2D eigenvalue weighted by molar-refractivity contribution is 5.94. The second kappa shape index (κ2) is 8.94.